The molecule has 0 heterocycles. The summed E-state index contributed by atoms with van der Waals surface area (Å²) in [6.07, 6.45) is 7.54. The fourth-order valence-electron chi connectivity index (χ4n) is 0.500. The summed E-state index contributed by atoms with van der Waals surface area (Å²) in [6.45, 7) is 8.46. The first-order valence-electron chi connectivity index (χ1n) is 4.07. The van der Waals surface area contributed by atoms with Crippen LogP contribution < -0.4 is 18.9 Å². The van der Waals surface area contributed by atoms with Gasteiger partial charge in [0.25, 0.3) is 0 Å². The Bertz CT molecular complexity index is 23.9. The minimum absolute atomic E-state index is 0. The van der Waals surface area contributed by atoms with Crippen molar-refractivity contribution >= 4 is 0 Å². The molecule has 0 amide bonds. The van der Waals surface area contributed by atoms with Crippen LogP contribution in [-0.2, 0) is 0 Å². The van der Waals surface area contributed by atoms with E-state index in [-0.39, 0.29) is 18.9 Å². The normalized spacial score (nSPS) is 7.20. The van der Waals surface area contributed by atoms with Gasteiger partial charge in [-0.05, 0) is 0 Å². The van der Waals surface area contributed by atoms with Crippen LogP contribution in [-0.4, -0.2) is 0 Å². The van der Waals surface area contributed by atoms with E-state index >= 15 is 0 Å². The van der Waals surface area contributed by atoms with E-state index in [1.54, 1.807) is 0 Å². The molecule has 0 spiro atoms. The molecule has 58 valence electrons. The average molecular weight is 136 g/mol. The zero-order valence-electron chi connectivity index (χ0n) is 8.41. The Morgan fingerprint density at radius 3 is 1.20 bits per heavy atom. The van der Waals surface area contributed by atoms with E-state index < -0.39 is 0 Å². The van der Waals surface area contributed by atoms with Crippen LogP contribution in [0.25, 0.3) is 0 Å². The average Bonchev–Trinajstić information content (AvgIpc) is 1.86. The van der Waals surface area contributed by atoms with Crippen molar-refractivity contribution in [2.24, 2.45) is 0 Å². The molecule has 0 aromatic carbocycles. The van der Waals surface area contributed by atoms with Crippen LogP contribution in [0.5, 0.6) is 0 Å². The molecule has 0 aromatic rings. The smallest absolute Gasteiger partial charge is 0.335 e. The van der Waals surface area contributed by atoms with E-state index in [2.05, 4.69) is 13.8 Å². The van der Waals surface area contributed by atoms with Crippen LogP contribution in [0.2, 0.25) is 0 Å². The predicted molar refractivity (Wildman–Crippen MR) is 45.5 cm³/mol. The van der Waals surface area contributed by atoms with Crippen molar-refractivity contribution in [3.8, 4) is 0 Å². The van der Waals surface area contributed by atoms with Gasteiger partial charge in [0.05, 0.1) is 0 Å². The molecule has 0 saturated carbocycles. The number of hydrogen-bond acceptors (Lipinski definition) is 0. The van der Waals surface area contributed by atoms with E-state index in [1.807, 2.05) is 20.3 Å². The molecule has 0 aliphatic heterocycles. The quantitative estimate of drug-likeness (QED) is 0.306. The standard InChI is InChI=1S/C6H14.C3H7.Li/c1-3-5-6-4-2;1-3-2;/h3-6H2,1-2H3;3H,1-2H3;/q;-1;+1. The summed E-state index contributed by atoms with van der Waals surface area (Å²) in [5, 5.41) is 0. The van der Waals surface area contributed by atoms with Gasteiger partial charge in [0.1, 0.15) is 0 Å². The zero-order chi connectivity index (χ0) is 7.54. The second-order valence-electron chi connectivity index (χ2n) is 2.28. The molecule has 0 saturated heterocycles. The van der Waals surface area contributed by atoms with Gasteiger partial charge in [-0.25, -0.2) is 0 Å². The molecule has 0 N–H and O–H groups in total. The van der Waals surface area contributed by atoms with Crippen molar-refractivity contribution in [2.45, 2.75) is 53.4 Å². The SMILES string of the molecule is CCCCCC.C[CH-]C.[Li+]. The Balaban J connectivity index is -0.000000107. The molecule has 0 unspecified atom stereocenters. The second-order valence-corrected chi connectivity index (χ2v) is 2.28. The second kappa shape index (κ2) is 22.6. The molecule has 0 aliphatic carbocycles. The Kier molecular flexibility index (Phi) is 38.3. The minimum Gasteiger partial charge on any atom is -0.335 e. The molecule has 0 nitrogen and oxygen atoms in total. The molecule has 1 heteroatoms. The van der Waals surface area contributed by atoms with Crippen molar-refractivity contribution in [3.63, 3.8) is 0 Å². The Hall–Kier alpha value is 0.597. The summed E-state index contributed by atoms with van der Waals surface area (Å²) in [7, 11) is 0. The van der Waals surface area contributed by atoms with Crippen molar-refractivity contribution in [1.29, 1.82) is 0 Å². The predicted octanol–water partition coefficient (Wildman–Crippen LogP) is 0.821. The number of rotatable bonds is 3. The fourth-order valence-corrected chi connectivity index (χ4v) is 0.500. The molecule has 0 aromatic heterocycles. The molecule has 0 atom stereocenters. The van der Waals surface area contributed by atoms with Crippen molar-refractivity contribution < 1.29 is 18.9 Å². The van der Waals surface area contributed by atoms with E-state index in [4.69, 9.17) is 0 Å². The molecule has 0 bridgehead atoms. The van der Waals surface area contributed by atoms with E-state index in [9.17, 15) is 0 Å². The van der Waals surface area contributed by atoms with Gasteiger partial charge in [-0.2, -0.15) is 13.8 Å². The Morgan fingerprint density at radius 1 is 0.900 bits per heavy atom. The summed E-state index contributed by atoms with van der Waals surface area (Å²) in [5.74, 6) is 0. The molecule has 0 rings (SSSR count). The third kappa shape index (κ3) is 38.3. The molecular formula is C9H21Li. The zero-order valence-corrected chi connectivity index (χ0v) is 8.41. The third-order valence-electron chi connectivity index (χ3n) is 0.957. The maximum Gasteiger partial charge on any atom is 1.00 e. The molecule has 0 radical (unpaired) electrons. The van der Waals surface area contributed by atoms with Crippen LogP contribution in [0.3, 0.4) is 0 Å². The summed E-state index contributed by atoms with van der Waals surface area (Å²) >= 11 is 0. The van der Waals surface area contributed by atoms with Gasteiger partial charge in [-0.1, -0.05) is 39.5 Å². The summed E-state index contributed by atoms with van der Waals surface area (Å²) < 4.78 is 0. The summed E-state index contributed by atoms with van der Waals surface area (Å²) in [6, 6.07) is 0. The van der Waals surface area contributed by atoms with Crippen molar-refractivity contribution in [1.82, 2.24) is 0 Å². The number of hydrogen-bond donors (Lipinski definition) is 0. The molecule has 0 aliphatic rings. The van der Waals surface area contributed by atoms with Gasteiger partial charge in [0.15, 0.2) is 0 Å². The number of unbranched alkanes of at least 4 members (excludes halogenated alkanes) is 3. The van der Waals surface area contributed by atoms with Gasteiger partial charge >= 0.3 is 18.9 Å². The first-order chi connectivity index (χ1) is 4.33. The van der Waals surface area contributed by atoms with E-state index in [1.165, 1.54) is 25.7 Å². The van der Waals surface area contributed by atoms with E-state index in [0.717, 1.165) is 0 Å². The van der Waals surface area contributed by atoms with Gasteiger partial charge in [0, 0.05) is 0 Å². The van der Waals surface area contributed by atoms with Crippen LogP contribution in [0, 0.1) is 6.42 Å². The van der Waals surface area contributed by atoms with Crippen LogP contribution in [0.4, 0.5) is 0 Å². The fraction of sp³-hybridized carbons (Fsp3) is 0.889. The van der Waals surface area contributed by atoms with E-state index in [0.29, 0.717) is 0 Å². The van der Waals surface area contributed by atoms with Crippen molar-refractivity contribution in [3.05, 3.63) is 6.42 Å². The first kappa shape index (κ1) is 16.9. The Morgan fingerprint density at radius 2 is 1.10 bits per heavy atom. The maximum absolute atomic E-state index is 2.23. The van der Waals surface area contributed by atoms with Gasteiger partial charge in [-0.3, -0.25) is 0 Å². The maximum atomic E-state index is 2.23. The molecule has 10 heavy (non-hydrogen) atoms. The summed E-state index contributed by atoms with van der Waals surface area (Å²) in [4.78, 5) is 0. The van der Waals surface area contributed by atoms with Crippen LogP contribution in [0.1, 0.15) is 53.4 Å². The summed E-state index contributed by atoms with van der Waals surface area (Å²) in [5.41, 5.74) is 0. The molecular weight excluding hydrogens is 115 g/mol. The largest absolute Gasteiger partial charge is 1.00 e. The minimum atomic E-state index is 0. The van der Waals surface area contributed by atoms with Crippen LogP contribution >= 0.6 is 0 Å². The topological polar surface area (TPSA) is 0 Å². The third-order valence-corrected chi connectivity index (χ3v) is 0.957. The van der Waals surface area contributed by atoms with Gasteiger partial charge < -0.3 is 6.42 Å². The van der Waals surface area contributed by atoms with Gasteiger partial charge in [-0.15, -0.1) is 0 Å². The van der Waals surface area contributed by atoms with Crippen LogP contribution in [0.15, 0.2) is 0 Å². The van der Waals surface area contributed by atoms with Crippen molar-refractivity contribution in [2.75, 3.05) is 0 Å². The van der Waals surface area contributed by atoms with Gasteiger partial charge in [0.2, 0.25) is 0 Å². The Labute approximate surface area is 79.0 Å². The molecule has 0 fully saturated rings. The first-order valence-corrected chi connectivity index (χ1v) is 4.07. The monoisotopic (exact) mass is 136 g/mol.